The summed E-state index contributed by atoms with van der Waals surface area (Å²) < 4.78 is 37.1. The van der Waals surface area contributed by atoms with Gasteiger partial charge in [-0.05, 0) is 79.6 Å². The Morgan fingerprint density at radius 1 is 1.11 bits per heavy atom. The van der Waals surface area contributed by atoms with Crippen LogP contribution in [0.1, 0.15) is 18.1 Å². The summed E-state index contributed by atoms with van der Waals surface area (Å²) >= 11 is 11.8. The van der Waals surface area contributed by atoms with E-state index in [0.29, 0.717) is 26.9 Å². The van der Waals surface area contributed by atoms with Crippen molar-refractivity contribution in [1.29, 1.82) is 5.26 Å². The summed E-state index contributed by atoms with van der Waals surface area (Å²) in [5.74, 6) is -0.535. The number of carbonyl (C=O) groups is 1. The van der Waals surface area contributed by atoms with Crippen molar-refractivity contribution in [3.63, 3.8) is 0 Å². The zero-order valence-electron chi connectivity index (χ0n) is 19.7. The van der Waals surface area contributed by atoms with E-state index < -0.39 is 16.0 Å². The second-order valence-electron chi connectivity index (χ2n) is 7.56. The van der Waals surface area contributed by atoms with Gasteiger partial charge in [0.1, 0.15) is 16.5 Å². The lowest BCUT2D eigenvalue weighted by Gasteiger charge is -2.16. The summed E-state index contributed by atoms with van der Waals surface area (Å²) in [5, 5.41) is 13.1. The van der Waals surface area contributed by atoms with Crippen LogP contribution in [0.4, 0.5) is 5.69 Å². The maximum Gasteiger partial charge on any atom is 0.339 e. The number of halogens is 2. The number of hydrogen-bond acceptors (Lipinski definition) is 6. The van der Waals surface area contributed by atoms with Crippen LogP contribution >= 0.6 is 23.2 Å². The van der Waals surface area contributed by atoms with Gasteiger partial charge in [-0.15, -0.1) is 6.58 Å². The van der Waals surface area contributed by atoms with Crippen LogP contribution < -0.4 is 14.2 Å². The first-order valence-electron chi connectivity index (χ1n) is 11.0. The van der Waals surface area contributed by atoms with Crippen LogP contribution in [0.25, 0.3) is 6.08 Å². The lowest BCUT2D eigenvalue weighted by Crippen LogP contribution is -2.14. The van der Waals surface area contributed by atoms with Crippen LogP contribution in [0.2, 0.25) is 10.0 Å². The molecule has 37 heavy (non-hydrogen) atoms. The topological polar surface area (TPSA) is 105 Å². The second-order valence-corrected chi connectivity index (χ2v) is 9.98. The van der Waals surface area contributed by atoms with Crippen molar-refractivity contribution < 1.29 is 22.1 Å². The van der Waals surface area contributed by atoms with E-state index >= 15 is 0 Å². The molecule has 0 heterocycles. The molecule has 0 fully saturated rings. The van der Waals surface area contributed by atoms with Gasteiger partial charge in [-0.2, -0.15) is 13.7 Å². The standard InChI is InChI=1S/C27H22Cl2N2O5S/c1-3-6-19-13-18(14-20(17-30)27(32)31-23-8-5-7-22(29)16-23)15-25(35-4-2)26(19)36-37(33,34)24-11-9-21(28)10-12-24/h3,5,7-16H,1,4,6H2,2H3,(H,31,32)/b20-14+. The van der Waals surface area contributed by atoms with Crippen LogP contribution in [-0.4, -0.2) is 20.9 Å². The van der Waals surface area contributed by atoms with Crippen LogP contribution in [-0.2, 0) is 21.3 Å². The highest BCUT2D eigenvalue weighted by molar-refractivity contribution is 7.87. The maximum absolute atomic E-state index is 13.0. The van der Waals surface area contributed by atoms with Crippen molar-refractivity contribution in [2.45, 2.75) is 18.2 Å². The molecule has 0 aliphatic carbocycles. The van der Waals surface area contributed by atoms with Crippen molar-refractivity contribution in [3.05, 3.63) is 100 Å². The van der Waals surface area contributed by atoms with Gasteiger partial charge in [0.25, 0.3) is 5.91 Å². The van der Waals surface area contributed by atoms with E-state index in [1.807, 2.05) is 6.07 Å². The van der Waals surface area contributed by atoms with Crippen molar-refractivity contribution in [2.75, 3.05) is 11.9 Å². The highest BCUT2D eigenvalue weighted by Gasteiger charge is 2.23. The van der Waals surface area contributed by atoms with Crippen LogP contribution in [0.15, 0.2) is 83.8 Å². The minimum atomic E-state index is -4.22. The SMILES string of the molecule is C=CCc1cc(/C=C(\C#N)C(=O)Nc2cccc(Cl)c2)cc(OCC)c1OS(=O)(=O)c1ccc(Cl)cc1. The van der Waals surface area contributed by atoms with Gasteiger partial charge < -0.3 is 14.2 Å². The molecule has 1 amide bonds. The van der Waals surface area contributed by atoms with E-state index in [4.69, 9.17) is 32.1 Å². The van der Waals surface area contributed by atoms with Gasteiger partial charge in [0.15, 0.2) is 11.5 Å². The Labute approximate surface area is 225 Å². The molecule has 3 aromatic carbocycles. The molecule has 190 valence electrons. The molecule has 0 radical (unpaired) electrons. The Hall–Kier alpha value is -3.77. The average molecular weight is 557 g/mol. The van der Waals surface area contributed by atoms with Gasteiger partial charge >= 0.3 is 10.1 Å². The molecule has 1 N–H and O–H groups in total. The number of allylic oxidation sites excluding steroid dienone is 1. The highest BCUT2D eigenvalue weighted by atomic mass is 35.5. The number of anilines is 1. The number of rotatable bonds is 10. The largest absolute Gasteiger partial charge is 0.490 e. The Kier molecular flexibility index (Phi) is 9.36. The van der Waals surface area contributed by atoms with Crippen molar-refractivity contribution in [2.24, 2.45) is 0 Å². The molecule has 0 aliphatic rings. The Morgan fingerprint density at radius 3 is 2.46 bits per heavy atom. The molecule has 0 saturated carbocycles. The molecule has 0 bridgehead atoms. The minimum absolute atomic E-state index is 0.0178. The summed E-state index contributed by atoms with van der Waals surface area (Å²) in [6, 6.07) is 17.0. The fourth-order valence-electron chi connectivity index (χ4n) is 3.27. The monoisotopic (exact) mass is 556 g/mol. The lowest BCUT2D eigenvalue weighted by atomic mass is 10.0. The van der Waals surface area contributed by atoms with Gasteiger partial charge in [-0.3, -0.25) is 4.79 Å². The predicted molar refractivity (Wildman–Crippen MR) is 144 cm³/mol. The Balaban J connectivity index is 2.02. The van der Waals surface area contributed by atoms with E-state index in [9.17, 15) is 18.5 Å². The summed E-state index contributed by atoms with van der Waals surface area (Å²) in [6.07, 6.45) is 3.16. The molecule has 0 unspecified atom stereocenters. The van der Waals surface area contributed by atoms with Crippen LogP contribution in [0.5, 0.6) is 11.5 Å². The third kappa shape index (κ3) is 7.37. The van der Waals surface area contributed by atoms with Crippen LogP contribution in [0, 0.1) is 11.3 Å². The highest BCUT2D eigenvalue weighted by Crippen LogP contribution is 2.37. The second kappa shape index (κ2) is 12.5. The number of nitrogens with one attached hydrogen (secondary N) is 1. The van der Waals surface area contributed by atoms with Gasteiger partial charge in [-0.1, -0.05) is 35.3 Å². The third-order valence-electron chi connectivity index (χ3n) is 4.87. The summed E-state index contributed by atoms with van der Waals surface area (Å²) in [5.41, 5.74) is 1.10. The summed E-state index contributed by atoms with van der Waals surface area (Å²) in [6.45, 7) is 5.66. The maximum atomic E-state index is 13.0. The molecule has 3 rings (SSSR count). The number of hydrogen-bond donors (Lipinski definition) is 1. The zero-order valence-corrected chi connectivity index (χ0v) is 22.0. The molecule has 0 saturated heterocycles. The Morgan fingerprint density at radius 2 is 1.84 bits per heavy atom. The van der Waals surface area contributed by atoms with E-state index in [2.05, 4.69) is 11.9 Å². The third-order valence-corrected chi connectivity index (χ3v) is 6.59. The molecule has 0 aromatic heterocycles. The molecule has 0 atom stereocenters. The molecule has 0 aliphatic heterocycles. The number of ether oxygens (including phenoxy) is 1. The van der Waals surface area contributed by atoms with Gasteiger partial charge in [0.2, 0.25) is 0 Å². The van der Waals surface area contributed by atoms with E-state index in [-0.39, 0.29) is 35.0 Å². The van der Waals surface area contributed by atoms with Gasteiger partial charge in [0.05, 0.1) is 6.61 Å². The molecular formula is C27H22Cl2N2O5S. The summed E-state index contributed by atoms with van der Waals surface area (Å²) in [7, 11) is -4.22. The summed E-state index contributed by atoms with van der Waals surface area (Å²) in [4.78, 5) is 12.6. The van der Waals surface area contributed by atoms with Gasteiger partial charge in [0, 0.05) is 21.3 Å². The number of nitriles is 1. The molecule has 10 heteroatoms. The molecule has 7 nitrogen and oxygen atoms in total. The van der Waals surface area contributed by atoms with E-state index in [0.717, 1.165) is 0 Å². The fourth-order valence-corrected chi connectivity index (χ4v) is 4.56. The van der Waals surface area contributed by atoms with Crippen molar-refractivity contribution >= 4 is 51.0 Å². The van der Waals surface area contributed by atoms with Crippen LogP contribution in [0.3, 0.4) is 0 Å². The lowest BCUT2D eigenvalue weighted by molar-refractivity contribution is -0.112. The zero-order chi connectivity index (χ0) is 27.0. The first kappa shape index (κ1) is 27.8. The normalized spacial score (nSPS) is 11.4. The smallest absolute Gasteiger partial charge is 0.339 e. The quantitative estimate of drug-likeness (QED) is 0.133. The number of nitrogens with zero attached hydrogens (tertiary/aromatic N) is 1. The molecule has 0 spiro atoms. The average Bonchev–Trinajstić information content (AvgIpc) is 2.85. The first-order valence-corrected chi connectivity index (χ1v) is 13.1. The Bertz CT molecular complexity index is 1490. The van der Waals surface area contributed by atoms with E-state index in [1.54, 1.807) is 43.3 Å². The first-order chi connectivity index (χ1) is 17.7. The van der Waals surface area contributed by atoms with Gasteiger partial charge in [-0.25, -0.2) is 0 Å². The molecular weight excluding hydrogens is 535 g/mol. The van der Waals surface area contributed by atoms with E-state index in [1.165, 1.54) is 36.4 Å². The molecule has 3 aromatic rings. The van der Waals surface area contributed by atoms with Crippen molar-refractivity contribution in [3.8, 4) is 17.6 Å². The minimum Gasteiger partial charge on any atom is -0.490 e. The number of carbonyl (C=O) groups excluding carboxylic acids is 1. The predicted octanol–water partition coefficient (Wildman–Crippen LogP) is 6.43. The van der Waals surface area contributed by atoms with Crippen molar-refractivity contribution in [1.82, 2.24) is 0 Å². The number of amides is 1. The number of benzene rings is 3. The fraction of sp³-hybridized carbons (Fsp3) is 0.111.